The summed E-state index contributed by atoms with van der Waals surface area (Å²) in [5, 5.41) is 13.6. The SMILES string of the molecule is COc1ccccc1CNC1C2CCC1Cc1cc(O)ccc1C2. The Morgan fingerprint density at radius 3 is 2.58 bits per heavy atom. The van der Waals surface area contributed by atoms with Gasteiger partial charge in [0.15, 0.2) is 0 Å². The zero-order valence-electron chi connectivity index (χ0n) is 14.2. The van der Waals surface area contributed by atoms with E-state index in [1.54, 1.807) is 7.11 Å². The van der Waals surface area contributed by atoms with E-state index < -0.39 is 0 Å². The molecule has 2 aliphatic carbocycles. The minimum atomic E-state index is 0.394. The van der Waals surface area contributed by atoms with Gasteiger partial charge in [-0.1, -0.05) is 24.3 Å². The van der Waals surface area contributed by atoms with Gasteiger partial charge in [0.25, 0.3) is 0 Å². The number of nitrogens with one attached hydrogen (secondary N) is 1. The fraction of sp³-hybridized carbons (Fsp3) is 0.429. The topological polar surface area (TPSA) is 41.5 Å². The van der Waals surface area contributed by atoms with Gasteiger partial charge in [-0.05, 0) is 66.8 Å². The predicted molar refractivity (Wildman–Crippen MR) is 95.4 cm³/mol. The van der Waals surface area contributed by atoms with Gasteiger partial charge in [0.05, 0.1) is 7.11 Å². The van der Waals surface area contributed by atoms with Crippen molar-refractivity contribution >= 4 is 0 Å². The Labute approximate surface area is 143 Å². The quantitative estimate of drug-likeness (QED) is 0.902. The molecule has 0 heterocycles. The summed E-state index contributed by atoms with van der Waals surface area (Å²) in [7, 11) is 1.73. The van der Waals surface area contributed by atoms with Crippen LogP contribution >= 0.6 is 0 Å². The van der Waals surface area contributed by atoms with Gasteiger partial charge in [-0.2, -0.15) is 0 Å². The molecule has 0 aliphatic heterocycles. The first-order chi connectivity index (χ1) is 11.7. The third-order valence-electron chi connectivity index (χ3n) is 5.80. The number of para-hydroxylation sites is 1. The molecule has 2 aromatic carbocycles. The van der Waals surface area contributed by atoms with Crippen LogP contribution in [0.25, 0.3) is 0 Å². The lowest BCUT2D eigenvalue weighted by Crippen LogP contribution is -2.37. The maximum absolute atomic E-state index is 9.80. The molecule has 24 heavy (non-hydrogen) atoms. The summed E-state index contributed by atoms with van der Waals surface area (Å²) in [4.78, 5) is 0. The molecule has 2 bridgehead atoms. The van der Waals surface area contributed by atoms with Crippen molar-refractivity contribution < 1.29 is 9.84 Å². The molecule has 2 aliphatic rings. The number of hydrogen-bond acceptors (Lipinski definition) is 3. The first kappa shape index (κ1) is 15.5. The molecule has 0 amide bonds. The van der Waals surface area contributed by atoms with Crippen LogP contribution < -0.4 is 10.1 Å². The van der Waals surface area contributed by atoms with Gasteiger partial charge in [-0.3, -0.25) is 0 Å². The average Bonchev–Trinajstić information content (AvgIpc) is 2.88. The van der Waals surface area contributed by atoms with E-state index in [1.165, 1.54) is 29.5 Å². The zero-order chi connectivity index (χ0) is 16.5. The number of methoxy groups -OCH3 is 1. The minimum absolute atomic E-state index is 0.394. The van der Waals surface area contributed by atoms with E-state index in [0.29, 0.717) is 23.6 Å². The van der Waals surface area contributed by atoms with E-state index in [4.69, 9.17) is 4.74 Å². The van der Waals surface area contributed by atoms with Gasteiger partial charge in [-0.25, -0.2) is 0 Å². The molecular formula is C21H25NO2. The summed E-state index contributed by atoms with van der Waals surface area (Å²) in [6, 6.07) is 14.7. The zero-order valence-corrected chi connectivity index (χ0v) is 14.2. The second-order valence-corrected chi connectivity index (χ2v) is 7.18. The molecule has 126 valence electrons. The second-order valence-electron chi connectivity index (χ2n) is 7.18. The lowest BCUT2D eigenvalue weighted by atomic mass is 9.93. The number of rotatable bonds is 4. The van der Waals surface area contributed by atoms with E-state index in [1.807, 2.05) is 24.3 Å². The van der Waals surface area contributed by atoms with Crippen LogP contribution in [0.15, 0.2) is 42.5 Å². The van der Waals surface area contributed by atoms with Crippen molar-refractivity contribution in [2.45, 2.75) is 38.3 Å². The van der Waals surface area contributed by atoms with Crippen molar-refractivity contribution in [1.82, 2.24) is 5.32 Å². The molecule has 1 fully saturated rings. The Kier molecular flexibility index (Phi) is 4.19. The van der Waals surface area contributed by atoms with E-state index in [2.05, 4.69) is 23.5 Å². The molecule has 3 nitrogen and oxygen atoms in total. The first-order valence-electron chi connectivity index (χ1n) is 8.90. The van der Waals surface area contributed by atoms with Gasteiger partial charge in [-0.15, -0.1) is 0 Å². The predicted octanol–water partition coefficient (Wildman–Crippen LogP) is 3.68. The number of phenols is 1. The highest BCUT2D eigenvalue weighted by Gasteiger charge is 2.38. The van der Waals surface area contributed by atoms with Crippen molar-refractivity contribution in [2.75, 3.05) is 7.11 Å². The third kappa shape index (κ3) is 2.89. The first-order valence-corrected chi connectivity index (χ1v) is 8.90. The van der Waals surface area contributed by atoms with Crippen LogP contribution in [0, 0.1) is 11.8 Å². The lowest BCUT2D eigenvalue weighted by molar-refractivity contribution is 0.336. The van der Waals surface area contributed by atoms with Crippen LogP contribution in [-0.4, -0.2) is 18.3 Å². The Morgan fingerprint density at radius 2 is 1.79 bits per heavy atom. The maximum Gasteiger partial charge on any atom is 0.123 e. The van der Waals surface area contributed by atoms with Gasteiger partial charge < -0.3 is 15.2 Å². The monoisotopic (exact) mass is 323 g/mol. The minimum Gasteiger partial charge on any atom is -0.508 e. The van der Waals surface area contributed by atoms with Crippen LogP contribution in [-0.2, 0) is 19.4 Å². The lowest BCUT2D eigenvalue weighted by Gasteiger charge is -2.24. The molecule has 4 rings (SSSR count). The smallest absolute Gasteiger partial charge is 0.123 e. The maximum atomic E-state index is 9.80. The van der Waals surface area contributed by atoms with Crippen molar-refractivity contribution in [3.8, 4) is 11.5 Å². The van der Waals surface area contributed by atoms with Crippen molar-refractivity contribution in [1.29, 1.82) is 0 Å². The molecule has 2 aromatic rings. The van der Waals surface area contributed by atoms with Gasteiger partial charge in [0, 0.05) is 18.2 Å². The van der Waals surface area contributed by atoms with E-state index in [0.717, 1.165) is 25.1 Å². The number of hydrogen-bond donors (Lipinski definition) is 2. The molecule has 1 saturated carbocycles. The second kappa shape index (κ2) is 6.48. The Balaban J connectivity index is 1.51. The fourth-order valence-electron chi connectivity index (χ4n) is 4.61. The molecule has 0 radical (unpaired) electrons. The number of fused-ring (bicyclic) bond motifs is 3. The number of benzene rings is 2. The number of phenolic OH excluding ortho intramolecular Hbond substituents is 1. The molecule has 3 atom stereocenters. The van der Waals surface area contributed by atoms with Crippen molar-refractivity contribution in [3.05, 3.63) is 59.2 Å². The Hall–Kier alpha value is -2.00. The molecule has 0 spiro atoms. The summed E-state index contributed by atoms with van der Waals surface area (Å²) in [5.74, 6) is 2.70. The third-order valence-corrected chi connectivity index (χ3v) is 5.80. The highest BCUT2D eigenvalue weighted by atomic mass is 16.5. The van der Waals surface area contributed by atoms with E-state index in [-0.39, 0.29) is 0 Å². The van der Waals surface area contributed by atoms with Crippen LogP contribution in [0.2, 0.25) is 0 Å². The van der Waals surface area contributed by atoms with Gasteiger partial charge in [0.2, 0.25) is 0 Å². The molecule has 0 aromatic heterocycles. The molecular weight excluding hydrogens is 298 g/mol. The molecule has 3 heteroatoms. The summed E-state index contributed by atoms with van der Waals surface area (Å²) < 4.78 is 5.48. The van der Waals surface area contributed by atoms with Crippen LogP contribution in [0.4, 0.5) is 0 Å². The van der Waals surface area contributed by atoms with Crippen LogP contribution in [0.5, 0.6) is 11.5 Å². The number of ether oxygens (including phenoxy) is 1. The van der Waals surface area contributed by atoms with Crippen molar-refractivity contribution in [3.63, 3.8) is 0 Å². The van der Waals surface area contributed by atoms with E-state index in [9.17, 15) is 5.11 Å². The fourth-order valence-corrected chi connectivity index (χ4v) is 4.61. The highest BCUT2D eigenvalue weighted by Crippen LogP contribution is 2.41. The Bertz CT molecular complexity index is 728. The standard InChI is InChI=1S/C21H25NO2/c1-24-20-5-3-2-4-17(20)13-22-21-15-6-7-16(21)11-18-12-19(23)9-8-14(18)10-15/h2-5,8-9,12,15-16,21-23H,6-7,10-11,13H2,1H3. The molecule has 2 N–H and O–H groups in total. The van der Waals surface area contributed by atoms with Crippen molar-refractivity contribution in [2.24, 2.45) is 11.8 Å². The van der Waals surface area contributed by atoms with Crippen LogP contribution in [0.1, 0.15) is 29.5 Å². The Morgan fingerprint density at radius 1 is 1.04 bits per heavy atom. The average molecular weight is 323 g/mol. The molecule has 3 unspecified atom stereocenters. The summed E-state index contributed by atoms with van der Waals surface area (Å²) >= 11 is 0. The van der Waals surface area contributed by atoms with Crippen LogP contribution in [0.3, 0.4) is 0 Å². The van der Waals surface area contributed by atoms with E-state index >= 15 is 0 Å². The molecule has 0 saturated heterocycles. The highest BCUT2D eigenvalue weighted by molar-refractivity contribution is 5.37. The van der Waals surface area contributed by atoms with Gasteiger partial charge >= 0.3 is 0 Å². The normalized spacial score (nSPS) is 25.1. The summed E-state index contributed by atoms with van der Waals surface area (Å²) in [6.07, 6.45) is 4.78. The van der Waals surface area contributed by atoms with Gasteiger partial charge in [0.1, 0.15) is 11.5 Å². The summed E-state index contributed by atoms with van der Waals surface area (Å²) in [6.45, 7) is 0.850. The number of aromatic hydroxyl groups is 1. The summed E-state index contributed by atoms with van der Waals surface area (Å²) in [5.41, 5.74) is 3.98. The largest absolute Gasteiger partial charge is 0.508 e.